The molecule has 2 aromatic heterocycles. The molecule has 152 valence electrons. The van der Waals surface area contributed by atoms with Crippen molar-refractivity contribution in [3.05, 3.63) is 34.3 Å². The van der Waals surface area contributed by atoms with E-state index in [4.69, 9.17) is 9.97 Å². The number of hydrogen-bond acceptors (Lipinski definition) is 7. The second kappa shape index (κ2) is 8.76. The lowest BCUT2D eigenvalue weighted by Crippen LogP contribution is -2.47. The number of hydrogen-bond donors (Lipinski definition) is 1. The van der Waals surface area contributed by atoms with Crippen LogP contribution in [-0.2, 0) is 0 Å². The van der Waals surface area contributed by atoms with Crippen LogP contribution in [0.15, 0.2) is 23.6 Å². The third kappa shape index (κ3) is 4.31. The highest BCUT2D eigenvalue weighted by atomic mass is 32.1. The molecule has 4 rings (SSSR count). The first kappa shape index (κ1) is 19.6. The molecule has 1 unspecified atom stereocenters. The molecule has 0 aliphatic carbocycles. The number of nitrogens with zero attached hydrogens (tertiary/aromatic N) is 5. The Morgan fingerprint density at radius 2 is 1.71 bits per heavy atom. The molecule has 0 aromatic carbocycles. The first-order valence-electron chi connectivity index (χ1n) is 10.4. The lowest BCUT2D eigenvalue weighted by atomic mass is 9.98. The Labute approximate surface area is 171 Å². The van der Waals surface area contributed by atoms with Crippen molar-refractivity contribution in [2.45, 2.75) is 32.7 Å². The molecule has 0 bridgehead atoms. The summed E-state index contributed by atoms with van der Waals surface area (Å²) >= 11 is 1.85. The van der Waals surface area contributed by atoms with Crippen LogP contribution in [0.3, 0.4) is 0 Å². The van der Waals surface area contributed by atoms with Crippen molar-refractivity contribution in [3.8, 4) is 0 Å². The van der Waals surface area contributed by atoms with Crippen LogP contribution in [0.1, 0.15) is 36.5 Å². The van der Waals surface area contributed by atoms with Crippen LogP contribution in [0.5, 0.6) is 0 Å². The molecule has 2 fully saturated rings. The van der Waals surface area contributed by atoms with Gasteiger partial charge in [-0.3, -0.25) is 4.90 Å². The van der Waals surface area contributed by atoms with E-state index in [-0.39, 0.29) is 0 Å². The average Bonchev–Trinajstić information content (AvgIpc) is 3.28. The number of aliphatic hydroxyl groups excluding tert-OH is 1. The second-order valence-electron chi connectivity index (χ2n) is 7.96. The van der Waals surface area contributed by atoms with E-state index in [1.54, 1.807) is 0 Å². The van der Waals surface area contributed by atoms with E-state index >= 15 is 0 Å². The molecule has 4 heterocycles. The Bertz CT molecular complexity index is 752. The zero-order valence-electron chi connectivity index (χ0n) is 16.9. The molecule has 2 saturated heterocycles. The topological polar surface area (TPSA) is 55.7 Å². The number of aryl methyl sites for hydroxylation is 1. The van der Waals surface area contributed by atoms with Gasteiger partial charge in [0.1, 0.15) is 17.5 Å². The first-order valence-corrected chi connectivity index (χ1v) is 11.3. The molecule has 0 amide bonds. The molecule has 28 heavy (non-hydrogen) atoms. The van der Waals surface area contributed by atoms with Gasteiger partial charge in [-0.15, -0.1) is 11.3 Å². The zero-order chi connectivity index (χ0) is 19.5. The van der Waals surface area contributed by atoms with Gasteiger partial charge in [0.15, 0.2) is 0 Å². The van der Waals surface area contributed by atoms with Gasteiger partial charge in [0.25, 0.3) is 0 Å². The van der Waals surface area contributed by atoms with Gasteiger partial charge in [0.05, 0.1) is 0 Å². The maximum atomic E-state index is 9.37. The number of rotatable bonds is 5. The highest BCUT2D eigenvalue weighted by molar-refractivity contribution is 7.10. The van der Waals surface area contributed by atoms with Gasteiger partial charge < -0.3 is 14.9 Å². The standard InChI is InChI=1S/C21H31N5OS/c1-16(19-4-3-13-28-19)24-9-11-26(12-10-24)21-14-20(22-17(2)23-21)25-7-5-18(15-27)6-8-25/h3-4,13-14,16,18,27H,5-12,15H2,1-2H3. The molecule has 0 radical (unpaired) electrons. The van der Waals surface area contributed by atoms with Crippen LogP contribution in [0.4, 0.5) is 11.6 Å². The molecule has 1 atom stereocenters. The van der Waals surface area contributed by atoms with E-state index in [1.165, 1.54) is 4.88 Å². The maximum absolute atomic E-state index is 9.37. The number of thiophene rings is 1. The molecular formula is C21H31N5OS. The Hall–Kier alpha value is -1.70. The normalized spacial score (nSPS) is 20.5. The smallest absolute Gasteiger partial charge is 0.134 e. The van der Waals surface area contributed by atoms with Crippen LogP contribution >= 0.6 is 11.3 Å². The number of piperazine rings is 1. The molecule has 0 spiro atoms. The lowest BCUT2D eigenvalue weighted by Gasteiger charge is -2.39. The largest absolute Gasteiger partial charge is 0.396 e. The minimum atomic E-state index is 0.302. The van der Waals surface area contributed by atoms with Crippen LogP contribution in [0.25, 0.3) is 0 Å². The molecule has 2 aliphatic heterocycles. The van der Waals surface area contributed by atoms with Crippen molar-refractivity contribution in [2.24, 2.45) is 5.92 Å². The fourth-order valence-corrected chi connectivity index (χ4v) is 5.07. The van der Waals surface area contributed by atoms with E-state index in [0.717, 1.165) is 69.6 Å². The highest BCUT2D eigenvalue weighted by Gasteiger charge is 2.25. The SMILES string of the molecule is Cc1nc(N2CCC(CO)CC2)cc(N2CCN(C(C)c3cccs3)CC2)n1. The van der Waals surface area contributed by atoms with Gasteiger partial charge in [-0.1, -0.05) is 6.07 Å². The maximum Gasteiger partial charge on any atom is 0.134 e. The van der Waals surface area contributed by atoms with Crippen molar-refractivity contribution < 1.29 is 5.11 Å². The Kier molecular flexibility index (Phi) is 6.13. The molecule has 2 aliphatic rings. The Morgan fingerprint density at radius 3 is 2.29 bits per heavy atom. The van der Waals surface area contributed by atoms with Crippen LogP contribution in [0.2, 0.25) is 0 Å². The molecule has 0 saturated carbocycles. The van der Waals surface area contributed by atoms with Crippen molar-refractivity contribution in [2.75, 3.05) is 55.7 Å². The van der Waals surface area contributed by atoms with Crippen LogP contribution < -0.4 is 9.80 Å². The molecule has 1 N–H and O–H groups in total. The zero-order valence-corrected chi connectivity index (χ0v) is 17.7. The number of anilines is 2. The fourth-order valence-electron chi connectivity index (χ4n) is 4.25. The monoisotopic (exact) mass is 401 g/mol. The second-order valence-corrected chi connectivity index (χ2v) is 8.94. The summed E-state index contributed by atoms with van der Waals surface area (Å²) in [5.41, 5.74) is 0. The highest BCUT2D eigenvalue weighted by Crippen LogP contribution is 2.28. The number of aromatic nitrogens is 2. The summed E-state index contributed by atoms with van der Waals surface area (Å²) in [6, 6.07) is 7.02. The summed E-state index contributed by atoms with van der Waals surface area (Å²) in [5, 5.41) is 11.5. The summed E-state index contributed by atoms with van der Waals surface area (Å²) < 4.78 is 0. The number of aliphatic hydroxyl groups is 1. The van der Waals surface area contributed by atoms with Crippen LogP contribution in [0, 0.1) is 12.8 Å². The van der Waals surface area contributed by atoms with Crippen molar-refractivity contribution in [1.82, 2.24) is 14.9 Å². The Morgan fingerprint density at radius 1 is 1.07 bits per heavy atom. The molecule has 2 aromatic rings. The Balaban J connectivity index is 1.40. The van der Waals surface area contributed by atoms with E-state index in [2.05, 4.69) is 45.2 Å². The van der Waals surface area contributed by atoms with E-state index in [0.29, 0.717) is 18.6 Å². The van der Waals surface area contributed by atoms with E-state index in [9.17, 15) is 5.11 Å². The third-order valence-corrected chi connectivity index (χ3v) is 7.19. The third-order valence-electron chi connectivity index (χ3n) is 6.15. The lowest BCUT2D eigenvalue weighted by molar-refractivity contribution is 0.200. The van der Waals surface area contributed by atoms with Gasteiger partial charge in [-0.05, 0) is 44.1 Å². The average molecular weight is 402 g/mol. The molecule has 7 heteroatoms. The van der Waals surface area contributed by atoms with Crippen molar-refractivity contribution in [3.63, 3.8) is 0 Å². The summed E-state index contributed by atoms with van der Waals surface area (Å²) in [6.45, 7) is 10.6. The van der Waals surface area contributed by atoms with E-state index < -0.39 is 0 Å². The van der Waals surface area contributed by atoms with Gasteiger partial charge in [-0.25, -0.2) is 9.97 Å². The predicted octanol–water partition coefficient (Wildman–Crippen LogP) is 2.94. The fraction of sp³-hybridized carbons (Fsp3) is 0.619. The summed E-state index contributed by atoms with van der Waals surface area (Å²) in [5.74, 6) is 3.37. The van der Waals surface area contributed by atoms with Crippen molar-refractivity contribution in [1.29, 1.82) is 0 Å². The van der Waals surface area contributed by atoms with Gasteiger partial charge >= 0.3 is 0 Å². The van der Waals surface area contributed by atoms with Crippen molar-refractivity contribution >= 4 is 23.0 Å². The van der Waals surface area contributed by atoms with Crippen LogP contribution in [-0.4, -0.2) is 65.8 Å². The quantitative estimate of drug-likeness (QED) is 0.831. The number of piperidine rings is 1. The summed E-state index contributed by atoms with van der Waals surface area (Å²) in [6.07, 6.45) is 2.07. The van der Waals surface area contributed by atoms with E-state index in [1.807, 2.05) is 18.3 Å². The molecular weight excluding hydrogens is 370 g/mol. The molecule has 6 nitrogen and oxygen atoms in total. The first-order chi connectivity index (χ1) is 13.6. The summed E-state index contributed by atoms with van der Waals surface area (Å²) in [7, 11) is 0. The minimum absolute atomic E-state index is 0.302. The van der Waals surface area contributed by atoms with Gasteiger partial charge in [-0.2, -0.15) is 0 Å². The minimum Gasteiger partial charge on any atom is -0.396 e. The predicted molar refractivity (Wildman–Crippen MR) is 115 cm³/mol. The summed E-state index contributed by atoms with van der Waals surface area (Å²) in [4.78, 5) is 18.2. The van der Waals surface area contributed by atoms with Gasteiger partial charge in [0.2, 0.25) is 0 Å². The van der Waals surface area contributed by atoms with Gasteiger partial charge in [0, 0.05) is 62.9 Å².